The van der Waals surface area contributed by atoms with Crippen LogP contribution in [-0.4, -0.2) is 31.1 Å². The van der Waals surface area contributed by atoms with Crippen molar-refractivity contribution in [2.75, 3.05) is 19.4 Å². The Morgan fingerprint density at radius 3 is 3.00 bits per heavy atom. The smallest absolute Gasteiger partial charge is 0.124 e. The van der Waals surface area contributed by atoms with Crippen LogP contribution in [-0.2, 0) is 4.74 Å². The van der Waals surface area contributed by atoms with Crippen molar-refractivity contribution in [2.24, 2.45) is 5.92 Å². The molecule has 0 radical (unpaired) electrons. The maximum atomic E-state index is 13.2. The van der Waals surface area contributed by atoms with Crippen molar-refractivity contribution in [3.05, 3.63) is 30.1 Å². The maximum absolute atomic E-state index is 13.2. The lowest BCUT2D eigenvalue weighted by Crippen LogP contribution is -2.50. The summed E-state index contributed by atoms with van der Waals surface area (Å²) in [6.45, 7) is 0.896. The molecule has 1 spiro atoms. The molecule has 1 heterocycles. The molecule has 116 valence electrons. The summed E-state index contributed by atoms with van der Waals surface area (Å²) in [6.07, 6.45) is 6.10. The van der Waals surface area contributed by atoms with Gasteiger partial charge in [0.1, 0.15) is 5.82 Å². The summed E-state index contributed by atoms with van der Waals surface area (Å²) >= 11 is 1.74. The lowest BCUT2D eigenvalue weighted by Gasteiger charge is -2.48. The Hall–Kier alpha value is -0.580. The SMILES string of the molecule is CNC(CSc1cccc(F)c1)C1CCOC2(CCC2)C1. The van der Waals surface area contributed by atoms with Gasteiger partial charge in [-0.1, -0.05) is 6.07 Å². The highest BCUT2D eigenvalue weighted by molar-refractivity contribution is 7.99. The van der Waals surface area contributed by atoms with Gasteiger partial charge in [0.15, 0.2) is 0 Å². The summed E-state index contributed by atoms with van der Waals surface area (Å²) < 4.78 is 19.3. The van der Waals surface area contributed by atoms with Crippen molar-refractivity contribution >= 4 is 11.8 Å². The molecule has 0 amide bonds. The molecule has 2 atom stereocenters. The number of hydrogen-bond acceptors (Lipinski definition) is 3. The summed E-state index contributed by atoms with van der Waals surface area (Å²) in [5, 5.41) is 3.47. The van der Waals surface area contributed by atoms with E-state index in [-0.39, 0.29) is 11.4 Å². The van der Waals surface area contributed by atoms with E-state index in [4.69, 9.17) is 4.74 Å². The Morgan fingerprint density at radius 1 is 1.48 bits per heavy atom. The van der Waals surface area contributed by atoms with Gasteiger partial charge >= 0.3 is 0 Å². The van der Waals surface area contributed by atoms with E-state index in [1.807, 2.05) is 13.1 Å². The quantitative estimate of drug-likeness (QED) is 0.835. The van der Waals surface area contributed by atoms with Gasteiger partial charge in [0.2, 0.25) is 0 Å². The van der Waals surface area contributed by atoms with Crippen molar-refractivity contribution in [3.8, 4) is 0 Å². The molecule has 2 unspecified atom stereocenters. The third kappa shape index (κ3) is 3.61. The van der Waals surface area contributed by atoms with Gasteiger partial charge < -0.3 is 10.1 Å². The number of benzene rings is 1. The average molecular weight is 309 g/mol. The Bertz CT molecular complexity index is 478. The van der Waals surface area contributed by atoms with Crippen LogP contribution in [0.25, 0.3) is 0 Å². The second kappa shape index (κ2) is 6.67. The van der Waals surface area contributed by atoms with Crippen molar-refractivity contribution < 1.29 is 9.13 Å². The standard InChI is InChI=1S/C17H24FNOS/c1-19-16(12-21-15-5-2-4-14(18)10-15)13-6-9-20-17(11-13)7-3-8-17/h2,4-5,10,13,16,19H,3,6-9,11-12H2,1H3. The Labute approximate surface area is 130 Å². The van der Waals surface area contributed by atoms with Crippen LogP contribution >= 0.6 is 11.8 Å². The summed E-state index contributed by atoms with van der Waals surface area (Å²) in [7, 11) is 2.04. The van der Waals surface area contributed by atoms with E-state index in [2.05, 4.69) is 5.32 Å². The third-order valence-corrected chi connectivity index (χ3v) is 6.07. The first-order valence-corrected chi connectivity index (χ1v) is 8.89. The van der Waals surface area contributed by atoms with Crippen LogP contribution in [0.4, 0.5) is 4.39 Å². The first-order valence-electron chi connectivity index (χ1n) is 7.90. The van der Waals surface area contributed by atoms with Crippen molar-refractivity contribution in [2.45, 2.75) is 48.6 Å². The Kier molecular flexibility index (Phi) is 4.87. The van der Waals surface area contributed by atoms with Crippen LogP contribution < -0.4 is 5.32 Å². The first-order chi connectivity index (χ1) is 10.2. The predicted molar refractivity (Wildman–Crippen MR) is 85.2 cm³/mol. The minimum Gasteiger partial charge on any atom is -0.375 e. The fraction of sp³-hybridized carbons (Fsp3) is 0.647. The fourth-order valence-electron chi connectivity index (χ4n) is 3.53. The number of thioether (sulfide) groups is 1. The maximum Gasteiger partial charge on any atom is 0.124 e. The van der Waals surface area contributed by atoms with Gasteiger partial charge in [-0.05, 0) is 63.3 Å². The minimum absolute atomic E-state index is 0.152. The molecule has 0 bridgehead atoms. The van der Waals surface area contributed by atoms with Crippen LogP contribution in [0, 0.1) is 11.7 Å². The Balaban J connectivity index is 1.57. The summed E-state index contributed by atoms with van der Waals surface area (Å²) in [5.41, 5.74) is 0.196. The third-order valence-electron chi connectivity index (χ3n) is 4.96. The van der Waals surface area contributed by atoms with E-state index < -0.39 is 0 Å². The lowest BCUT2D eigenvalue weighted by atomic mass is 9.70. The Morgan fingerprint density at radius 2 is 2.33 bits per heavy atom. The van der Waals surface area contributed by atoms with Gasteiger partial charge in [-0.15, -0.1) is 11.8 Å². The summed E-state index contributed by atoms with van der Waals surface area (Å²) in [5.74, 6) is 1.51. The molecule has 1 saturated heterocycles. The lowest BCUT2D eigenvalue weighted by molar-refractivity contribution is -0.146. The number of halogens is 1. The monoisotopic (exact) mass is 309 g/mol. The van der Waals surface area contributed by atoms with E-state index in [0.29, 0.717) is 12.0 Å². The van der Waals surface area contributed by atoms with Gasteiger partial charge in [-0.3, -0.25) is 0 Å². The van der Waals surface area contributed by atoms with Gasteiger partial charge in [-0.2, -0.15) is 0 Å². The minimum atomic E-state index is -0.152. The molecule has 1 aliphatic carbocycles. The molecule has 2 nitrogen and oxygen atoms in total. The summed E-state index contributed by atoms with van der Waals surface area (Å²) in [4.78, 5) is 1.01. The number of hydrogen-bond donors (Lipinski definition) is 1. The zero-order valence-corrected chi connectivity index (χ0v) is 13.4. The first kappa shape index (κ1) is 15.3. The molecule has 2 aliphatic rings. The van der Waals surface area contributed by atoms with Crippen LogP contribution in [0.2, 0.25) is 0 Å². The van der Waals surface area contributed by atoms with E-state index in [1.165, 1.54) is 31.7 Å². The molecule has 21 heavy (non-hydrogen) atoms. The zero-order chi connectivity index (χ0) is 14.7. The highest BCUT2D eigenvalue weighted by Gasteiger charge is 2.43. The molecule has 3 rings (SSSR count). The van der Waals surface area contributed by atoms with Crippen LogP contribution in [0.1, 0.15) is 32.1 Å². The highest BCUT2D eigenvalue weighted by Crippen LogP contribution is 2.45. The molecule has 1 aromatic rings. The predicted octanol–water partition coefficient (Wildman–Crippen LogP) is 3.86. The van der Waals surface area contributed by atoms with Gasteiger partial charge in [-0.25, -0.2) is 4.39 Å². The van der Waals surface area contributed by atoms with Crippen molar-refractivity contribution in [3.63, 3.8) is 0 Å². The van der Waals surface area contributed by atoms with Gasteiger partial charge in [0.25, 0.3) is 0 Å². The van der Waals surface area contributed by atoms with Crippen molar-refractivity contribution in [1.82, 2.24) is 5.32 Å². The van der Waals surface area contributed by atoms with E-state index in [1.54, 1.807) is 23.9 Å². The molecular formula is C17H24FNOS. The number of ether oxygens (including phenoxy) is 1. The number of rotatable bonds is 5. The molecule has 1 N–H and O–H groups in total. The van der Waals surface area contributed by atoms with Gasteiger partial charge in [0.05, 0.1) is 5.60 Å². The molecule has 0 aromatic heterocycles. The molecule has 2 fully saturated rings. The fourth-order valence-corrected chi connectivity index (χ4v) is 4.71. The van der Waals surface area contributed by atoms with E-state index in [0.717, 1.165) is 23.7 Å². The molecule has 1 aliphatic heterocycles. The number of nitrogens with one attached hydrogen (secondary N) is 1. The largest absolute Gasteiger partial charge is 0.375 e. The van der Waals surface area contributed by atoms with Crippen LogP contribution in [0.15, 0.2) is 29.2 Å². The van der Waals surface area contributed by atoms with E-state index >= 15 is 0 Å². The van der Waals surface area contributed by atoms with Crippen LogP contribution in [0.3, 0.4) is 0 Å². The molecule has 4 heteroatoms. The molecule has 1 aromatic carbocycles. The summed E-state index contributed by atoms with van der Waals surface area (Å²) in [6, 6.07) is 7.36. The average Bonchev–Trinajstić information content (AvgIpc) is 2.47. The van der Waals surface area contributed by atoms with E-state index in [9.17, 15) is 4.39 Å². The second-order valence-corrected chi connectivity index (χ2v) is 7.39. The highest BCUT2D eigenvalue weighted by atomic mass is 32.2. The normalized spacial score (nSPS) is 25.5. The zero-order valence-electron chi connectivity index (χ0n) is 12.6. The second-order valence-electron chi connectivity index (χ2n) is 6.30. The van der Waals surface area contributed by atoms with Gasteiger partial charge in [0, 0.05) is 23.3 Å². The van der Waals surface area contributed by atoms with Crippen molar-refractivity contribution in [1.29, 1.82) is 0 Å². The van der Waals surface area contributed by atoms with Crippen LogP contribution in [0.5, 0.6) is 0 Å². The molecular weight excluding hydrogens is 285 g/mol. The molecule has 1 saturated carbocycles. The topological polar surface area (TPSA) is 21.3 Å².